The first-order chi connectivity index (χ1) is 29.3. The summed E-state index contributed by atoms with van der Waals surface area (Å²) in [4.78, 5) is 2.40. The van der Waals surface area contributed by atoms with Gasteiger partial charge < -0.3 is 13.9 Å². The molecule has 0 saturated heterocycles. The first-order valence-electron chi connectivity index (χ1n) is 20.2. The topological polar surface area (TPSA) is 21.3 Å². The van der Waals surface area contributed by atoms with Gasteiger partial charge >= 0.3 is 0 Å². The Labute approximate surface area is 341 Å². The average molecular weight is 753 g/mol. The van der Waals surface area contributed by atoms with E-state index >= 15 is 0 Å². The second-order valence-corrected chi connectivity index (χ2v) is 15.3. The smallest absolute Gasteiger partial charge is 0.136 e. The van der Waals surface area contributed by atoms with Gasteiger partial charge in [-0.05, 0) is 111 Å². The van der Waals surface area contributed by atoms with Crippen molar-refractivity contribution in [1.82, 2.24) is 4.57 Å². The SMILES string of the molecule is c1ccc(N(c2ccc(-c3cc4ccccc4c4ccccc34)cc2)c2ccc(-n3c4ccccc4c4ccccc43)cc2)c(-c2cccc3oc4ccccc4c23)c1. The maximum Gasteiger partial charge on any atom is 0.136 e. The predicted molar refractivity (Wildman–Crippen MR) is 249 cm³/mol. The lowest BCUT2D eigenvalue weighted by atomic mass is 9.93. The number of aromatic nitrogens is 1. The number of furan rings is 1. The van der Waals surface area contributed by atoms with Gasteiger partial charge in [0, 0.05) is 44.2 Å². The Balaban J connectivity index is 1.05. The molecule has 12 aromatic rings. The fraction of sp³-hybridized carbons (Fsp3) is 0. The van der Waals surface area contributed by atoms with Gasteiger partial charge in [-0.3, -0.25) is 0 Å². The first kappa shape index (κ1) is 33.3. The molecule has 0 amide bonds. The lowest BCUT2D eigenvalue weighted by Gasteiger charge is -2.28. The summed E-state index contributed by atoms with van der Waals surface area (Å²) in [5, 5.41) is 9.77. The zero-order valence-corrected chi connectivity index (χ0v) is 32.1. The molecule has 0 unspecified atom stereocenters. The normalized spacial score (nSPS) is 11.7. The van der Waals surface area contributed by atoms with E-state index in [1.54, 1.807) is 0 Å². The summed E-state index contributed by atoms with van der Waals surface area (Å²) >= 11 is 0. The van der Waals surface area contributed by atoms with Crippen molar-refractivity contribution in [3.05, 3.63) is 218 Å². The van der Waals surface area contributed by atoms with Crippen LogP contribution in [0.1, 0.15) is 0 Å². The van der Waals surface area contributed by atoms with Crippen LogP contribution in [0.3, 0.4) is 0 Å². The minimum absolute atomic E-state index is 0.882. The van der Waals surface area contributed by atoms with Gasteiger partial charge in [0.05, 0.1) is 16.7 Å². The maximum absolute atomic E-state index is 6.39. The quantitative estimate of drug-likeness (QED) is 0.158. The van der Waals surface area contributed by atoms with Crippen LogP contribution >= 0.6 is 0 Å². The number of anilines is 3. The van der Waals surface area contributed by atoms with Crippen LogP contribution in [0.15, 0.2) is 223 Å². The van der Waals surface area contributed by atoms with Gasteiger partial charge in [0.25, 0.3) is 0 Å². The molecule has 59 heavy (non-hydrogen) atoms. The molecular weight excluding hydrogens is 717 g/mol. The third-order valence-electron chi connectivity index (χ3n) is 12.0. The number of rotatable bonds is 6. The standard InChI is InChI=1S/C56H36N2O/c1-2-15-42-38(14-1)36-50(44-17-4-3-16-43(42)44)37-28-30-39(31-29-37)57(40-32-34-41(35-33-40)58-52-24-10-5-18-45(52)46-19-6-11-25-53(46)58)51-23-9-7-20-47(51)48-22-13-27-55-56(48)49-21-8-12-26-54(49)59-55/h1-36H. The molecule has 12 rings (SSSR count). The first-order valence-corrected chi connectivity index (χ1v) is 20.2. The summed E-state index contributed by atoms with van der Waals surface area (Å²) in [7, 11) is 0. The second-order valence-electron chi connectivity index (χ2n) is 15.3. The highest BCUT2D eigenvalue weighted by Crippen LogP contribution is 2.46. The van der Waals surface area contributed by atoms with E-state index in [2.05, 4.69) is 222 Å². The van der Waals surface area contributed by atoms with Crippen LogP contribution in [0, 0.1) is 0 Å². The average Bonchev–Trinajstić information content (AvgIpc) is 3.86. The van der Waals surface area contributed by atoms with Crippen molar-refractivity contribution in [3.8, 4) is 27.9 Å². The summed E-state index contributed by atoms with van der Waals surface area (Å²) in [6.45, 7) is 0. The van der Waals surface area contributed by atoms with E-state index < -0.39 is 0 Å². The Morgan fingerprint density at radius 2 is 0.898 bits per heavy atom. The Morgan fingerprint density at radius 3 is 1.64 bits per heavy atom. The van der Waals surface area contributed by atoms with Crippen molar-refractivity contribution in [2.75, 3.05) is 4.90 Å². The number of hydrogen-bond acceptors (Lipinski definition) is 2. The van der Waals surface area contributed by atoms with Gasteiger partial charge in [0.2, 0.25) is 0 Å². The number of hydrogen-bond donors (Lipinski definition) is 0. The molecule has 0 aliphatic carbocycles. The fourth-order valence-corrected chi connectivity index (χ4v) is 9.36. The molecule has 0 fully saturated rings. The molecule has 3 heteroatoms. The van der Waals surface area contributed by atoms with Gasteiger partial charge in [-0.25, -0.2) is 0 Å². The van der Waals surface area contributed by atoms with Crippen molar-refractivity contribution in [3.63, 3.8) is 0 Å². The molecule has 3 nitrogen and oxygen atoms in total. The molecule has 2 heterocycles. The molecule has 10 aromatic carbocycles. The summed E-state index contributed by atoms with van der Waals surface area (Å²) in [6, 6.07) is 78.7. The zero-order valence-electron chi connectivity index (χ0n) is 32.1. The number of fused-ring (bicyclic) bond motifs is 9. The summed E-state index contributed by atoms with van der Waals surface area (Å²) < 4.78 is 8.77. The molecule has 0 radical (unpaired) electrons. The zero-order chi connectivity index (χ0) is 38.9. The van der Waals surface area contributed by atoms with Crippen LogP contribution in [-0.4, -0.2) is 4.57 Å². The van der Waals surface area contributed by atoms with E-state index in [1.165, 1.54) is 54.5 Å². The predicted octanol–water partition coefficient (Wildman–Crippen LogP) is 15.8. The minimum Gasteiger partial charge on any atom is -0.456 e. The van der Waals surface area contributed by atoms with Crippen LogP contribution in [0.2, 0.25) is 0 Å². The fourth-order valence-electron chi connectivity index (χ4n) is 9.36. The van der Waals surface area contributed by atoms with E-state index in [1.807, 2.05) is 6.07 Å². The molecule has 0 saturated carbocycles. The monoisotopic (exact) mass is 752 g/mol. The molecule has 0 spiro atoms. The van der Waals surface area contributed by atoms with Gasteiger partial charge in [0.1, 0.15) is 11.2 Å². The number of benzene rings is 10. The number of nitrogens with zero attached hydrogens (tertiary/aromatic N) is 2. The second kappa shape index (κ2) is 13.4. The highest BCUT2D eigenvalue weighted by molar-refractivity contribution is 6.15. The van der Waals surface area contributed by atoms with Crippen LogP contribution < -0.4 is 4.90 Å². The summed E-state index contributed by atoms with van der Waals surface area (Å²) in [6.07, 6.45) is 0. The summed E-state index contributed by atoms with van der Waals surface area (Å²) in [5.41, 5.74) is 13.2. The van der Waals surface area contributed by atoms with Crippen LogP contribution in [-0.2, 0) is 0 Å². The van der Waals surface area contributed by atoms with E-state index in [4.69, 9.17) is 4.42 Å². The van der Waals surface area contributed by atoms with Gasteiger partial charge in [0.15, 0.2) is 0 Å². The van der Waals surface area contributed by atoms with Crippen molar-refractivity contribution in [2.24, 2.45) is 0 Å². The van der Waals surface area contributed by atoms with Crippen LogP contribution in [0.5, 0.6) is 0 Å². The molecule has 2 aromatic heterocycles. The van der Waals surface area contributed by atoms with E-state index in [9.17, 15) is 0 Å². The molecule has 0 aliphatic rings. The van der Waals surface area contributed by atoms with Gasteiger partial charge in [-0.2, -0.15) is 0 Å². The maximum atomic E-state index is 6.39. The lowest BCUT2D eigenvalue weighted by Crippen LogP contribution is -2.11. The van der Waals surface area contributed by atoms with E-state index in [0.29, 0.717) is 0 Å². The molecule has 0 N–H and O–H groups in total. The molecule has 0 bridgehead atoms. The van der Waals surface area contributed by atoms with E-state index in [0.717, 1.165) is 55.8 Å². The van der Waals surface area contributed by atoms with E-state index in [-0.39, 0.29) is 0 Å². The lowest BCUT2D eigenvalue weighted by molar-refractivity contribution is 0.669. The highest BCUT2D eigenvalue weighted by atomic mass is 16.3. The Hall–Kier alpha value is -7.88. The largest absolute Gasteiger partial charge is 0.456 e. The highest BCUT2D eigenvalue weighted by Gasteiger charge is 2.21. The van der Waals surface area contributed by atoms with Crippen LogP contribution in [0.4, 0.5) is 17.1 Å². The summed E-state index contributed by atoms with van der Waals surface area (Å²) in [5.74, 6) is 0. The van der Waals surface area contributed by atoms with Gasteiger partial charge in [-0.1, -0.05) is 146 Å². The van der Waals surface area contributed by atoms with Crippen molar-refractivity contribution in [1.29, 1.82) is 0 Å². The molecule has 276 valence electrons. The third-order valence-corrected chi connectivity index (χ3v) is 12.0. The Morgan fingerprint density at radius 1 is 0.356 bits per heavy atom. The van der Waals surface area contributed by atoms with Gasteiger partial charge in [-0.15, -0.1) is 0 Å². The van der Waals surface area contributed by atoms with Crippen molar-refractivity contribution in [2.45, 2.75) is 0 Å². The van der Waals surface area contributed by atoms with Crippen LogP contribution in [0.25, 0.3) is 93.2 Å². The molecule has 0 atom stereocenters. The third kappa shape index (κ3) is 5.29. The molecular formula is C56H36N2O. The van der Waals surface area contributed by atoms with Crippen molar-refractivity contribution >= 4 is 82.4 Å². The number of para-hydroxylation sites is 4. The minimum atomic E-state index is 0.882. The van der Waals surface area contributed by atoms with Crippen molar-refractivity contribution < 1.29 is 4.42 Å². The Bertz CT molecular complexity index is 3500. The Kier molecular flexibility index (Phi) is 7.54. The molecule has 0 aliphatic heterocycles.